The van der Waals surface area contributed by atoms with Crippen molar-refractivity contribution < 1.29 is 4.79 Å². The normalized spacial score (nSPS) is 16.3. The van der Waals surface area contributed by atoms with Crippen LogP contribution in [-0.4, -0.2) is 25.7 Å². The first-order valence-corrected chi connectivity index (χ1v) is 6.63. The molecule has 2 amide bonds. The molecule has 0 saturated carbocycles. The molecule has 1 aromatic carbocycles. The van der Waals surface area contributed by atoms with E-state index in [1.165, 1.54) is 0 Å². The minimum Gasteiger partial charge on any atom is -0.338 e. The molecule has 1 aliphatic rings. The van der Waals surface area contributed by atoms with Crippen LogP contribution in [0.4, 0.5) is 10.5 Å². The summed E-state index contributed by atoms with van der Waals surface area (Å²) in [6.45, 7) is 2.82. The molecule has 1 saturated heterocycles. The molecule has 0 atom stereocenters. The Bertz CT molecular complexity index is 405. The monoisotopic (exact) mass is 267 g/mol. The third-order valence-electron chi connectivity index (χ3n) is 3.09. The van der Waals surface area contributed by atoms with Gasteiger partial charge in [0.2, 0.25) is 0 Å². The molecule has 1 aliphatic heterocycles. The summed E-state index contributed by atoms with van der Waals surface area (Å²) >= 11 is 5.85. The van der Waals surface area contributed by atoms with Crippen LogP contribution in [-0.2, 0) is 0 Å². The first-order valence-electron chi connectivity index (χ1n) is 6.25. The lowest BCUT2D eigenvalue weighted by Crippen LogP contribution is -2.37. The fourth-order valence-corrected chi connectivity index (χ4v) is 2.25. The van der Waals surface area contributed by atoms with Crippen LogP contribution >= 0.6 is 11.6 Å². The maximum absolute atomic E-state index is 11.7. The zero-order valence-corrected chi connectivity index (χ0v) is 11.0. The molecule has 98 valence electrons. The highest BCUT2D eigenvalue weighted by molar-refractivity contribution is 6.30. The molecule has 2 rings (SSSR count). The Morgan fingerprint density at radius 3 is 2.89 bits per heavy atom. The Kier molecular flexibility index (Phi) is 4.84. The number of amides is 2. The first-order chi connectivity index (χ1) is 8.74. The van der Waals surface area contributed by atoms with Crippen LogP contribution in [0, 0.1) is 5.92 Å². The number of benzene rings is 1. The van der Waals surface area contributed by atoms with Gasteiger partial charge in [0.1, 0.15) is 0 Å². The average molecular weight is 268 g/mol. The smallest absolute Gasteiger partial charge is 0.319 e. The molecule has 5 heteroatoms. The van der Waals surface area contributed by atoms with Crippen molar-refractivity contribution in [3.05, 3.63) is 29.3 Å². The second-order valence-corrected chi connectivity index (χ2v) is 4.98. The number of anilines is 1. The highest BCUT2D eigenvalue weighted by Crippen LogP contribution is 2.15. The van der Waals surface area contributed by atoms with Gasteiger partial charge in [0, 0.05) is 17.3 Å². The molecule has 0 aliphatic carbocycles. The second kappa shape index (κ2) is 6.61. The quantitative estimate of drug-likeness (QED) is 0.788. The van der Waals surface area contributed by atoms with Crippen molar-refractivity contribution in [2.75, 3.05) is 25.0 Å². The van der Waals surface area contributed by atoms with E-state index in [1.807, 2.05) is 12.1 Å². The van der Waals surface area contributed by atoms with E-state index in [-0.39, 0.29) is 6.03 Å². The standard InChI is InChI=1S/C13H18ClN3O/c14-11-2-1-3-12(8-11)17-13(18)16-9-10-4-6-15-7-5-10/h1-3,8,10,15H,4-7,9H2,(H2,16,17,18). The Labute approximate surface area is 112 Å². The van der Waals surface area contributed by atoms with Crippen molar-refractivity contribution in [1.82, 2.24) is 10.6 Å². The molecule has 1 aromatic rings. The van der Waals surface area contributed by atoms with E-state index in [9.17, 15) is 4.79 Å². The SMILES string of the molecule is O=C(NCC1CCNCC1)Nc1cccc(Cl)c1. The summed E-state index contributed by atoms with van der Waals surface area (Å²) in [5, 5.41) is 9.59. The van der Waals surface area contributed by atoms with E-state index in [0.29, 0.717) is 16.6 Å². The van der Waals surface area contributed by atoms with E-state index in [2.05, 4.69) is 16.0 Å². The Hall–Kier alpha value is -1.26. The van der Waals surface area contributed by atoms with Crippen LogP contribution in [0.1, 0.15) is 12.8 Å². The van der Waals surface area contributed by atoms with Crippen molar-refractivity contribution in [2.45, 2.75) is 12.8 Å². The van der Waals surface area contributed by atoms with Gasteiger partial charge in [-0.25, -0.2) is 4.79 Å². The second-order valence-electron chi connectivity index (χ2n) is 4.54. The maximum Gasteiger partial charge on any atom is 0.319 e. The number of halogens is 1. The minimum absolute atomic E-state index is 0.171. The van der Waals surface area contributed by atoms with Crippen molar-refractivity contribution >= 4 is 23.3 Å². The highest BCUT2D eigenvalue weighted by Gasteiger charge is 2.13. The number of carbonyl (C=O) groups excluding carboxylic acids is 1. The molecule has 4 nitrogen and oxygen atoms in total. The van der Waals surface area contributed by atoms with Gasteiger partial charge in [-0.15, -0.1) is 0 Å². The van der Waals surface area contributed by atoms with Crippen LogP contribution in [0.5, 0.6) is 0 Å². The van der Waals surface area contributed by atoms with Crippen LogP contribution < -0.4 is 16.0 Å². The van der Waals surface area contributed by atoms with Gasteiger partial charge in [-0.1, -0.05) is 17.7 Å². The number of hydrogen-bond donors (Lipinski definition) is 3. The summed E-state index contributed by atoms with van der Waals surface area (Å²) in [5.74, 6) is 0.580. The first kappa shape index (κ1) is 13.2. The predicted molar refractivity (Wildman–Crippen MR) is 74.1 cm³/mol. The molecule has 0 spiro atoms. The molecule has 0 radical (unpaired) electrons. The number of carbonyl (C=O) groups is 1. The lowest BCUT2D eigenvalue weighted by atomic mass is 9.98. The van der Waals surface area contributed by atoms with Crippen LogP contribution in [0.2, 0.25) is 5.02 Å². The summed E-state index contributed by atoms with van der Waals surface area (Å²) in [6.07, 6.45) is 2.24. The zero-order chi connectivity index (χ0) is 12.8. The zero-order valence-electron chi connectivity index (χ0n) is 10.2. The van der Waals surface area contributed by atoms with Crippen LogP contribution in [0.25, 0.3) is 0 Å². The molecule has 1 heterocycles. The topological polar surface area (TPSA) is 53.2 Å². The molecule has 1 fully saturated rings. The number of urea groups is 1. The number of piperidine rings is 1. The summed E-state index contributed by atoms with van der Waals surface area (Å²) in [7, 11) is 0. The number of rotatable bonds is 3. The van der Waals surface area contributed by atoms with Crippen molar-refractivity contribution in [1.29, 1.82) is 0 Å². The van der Waals surface area contributed by atoms with Gasteiger partial charge in [0.15, 0.2) is 0 Å². The van der Waals surface area contributed by atoms with Gasteiger partial charge in [-0.2, -0.15) is 0 Å². The fourth-order valence-electron chi connectivity index (χ4n) is 2.06. The Balaban J connectivity index is 1.74. The van der Waals surface area contributed by atoms with Crippen molar-refractivity contribution in [3.8, 4) is 0 Å². The van der Waals surface area contributed by atoms with Gasteiger partial charge in [-0.05, 0) is 50.0 Å². The van der Waals surface area contributed by atoms with Gasteiger partial charge in [0.25, 0.3) is 0 Å². The summed E-state index contributed by atoms with van der Waals surface area (Å²) < 4.78 is 0. The molecular formula is C13H18ClN3O. The molecule has 0 unspecified atom stereocenters. The predicted octanol–water partition coefficient (Wildman–Crippen LogP) is 2.46. The highest BCUT2D eigenvalue weighted by atomic mass is 35.5. The summed E-state index contributed by atoms with van der Waals surface area (Å²) in [5.41, 5.74) is 0.713. The van der Waals surface area contributed by atoms with E-state index < -0.39 is 0 Å². The van der Waals surface area contributed by atoms with E-state index >= 15 is 0 Å². The summed E-state index contributed by atoms with van der Waals surface area (Å²) in [6, 6.07) is 6.96. The van der Waals surface area contributed by atoms with E-state index in [0.717, 1.165) is 32.5 Å². The van der Waals surface area contributed by atoms with Crippen LogP contribution in [0.15, 0.2) is 24.3 Å². The van der Waals surface area contributed by atoms with Gasteiger partial charge >= 0.3 is 6.03 Å². The molecule has 18 heavy (non-hydrogen) atoms. The van der Waals surface area contributed by atoms with Crippen molar-refractivity contribution in [3.63, 3.8) is 0 Å². The number of nitrogens with one attached hydrogen (secondary N) is 3. The third kappa shape index (κ3) is 4.20. The molecular weight excluding hydrogens is 250 g/mol. The van der Waals surface area contributed by atoms with Gasteiger partial charge in [-0.3, -0.25) is 0 Å². The van der Waals surface area contributed by atoms with Gasteiger partial charge < -0.3 is 16.0 Å². The number of hydrogen-bond acceptors (Lipinski definition) is 2. The Morgan fingerprint density at radius 1 is 1.39 bits per heavy atom. The molecule has 0 bridgehead atoms. The van der Waals surface area contributed by atoms with Gasteiger partial charge in [0.05, 0.1) is 0 Å². The lowest BCUT2D eigenvalue weighted by molar-refractivity contribution is 0.248. The third-order valence-corrected chi connectivity index (χ3v) is 3.33. The van der Waals surface area contributed by atoms with Crippen LogP contribution in [0.3, 0.4) is 0 Å². The summed E-state index contributed by atoms with van der Waals surface area (Å²) in [4.78, 5) is 11.7. The molecule has 0 aromatic heterocycles. The van der Waals surface area contributed by atoms with E-state index in [4.69, 9.17) is 11.6 Å². The maximum atomic E-state index is 11.7. The molecule has 3 N–H and O–H groups in total. The van der Waals surface area contributed by atoms with E-state index in [1.54, 1.807) is 12.1 Å². The lowest BCUT2D eigenvalue weighted by Gasteiger charge is -2.22. The van der Waals surface area contributed by atoms with Crippen molar-refractivity contribution in [2.24, 2.45) is 5.92 Å². The largest absolute Gasteiger partial charge is 0.338 e. The fraction of sp³-hybridized carbons (Fsp3) is 0.462. The Morgan fingerprint density at radius 2 is 2.17 bits per heavy atom. The minimum atomic E-state index is -0.171. The average Bonchev–Trinajstić information content (AvgIpc) is 2.38.